The minimum atomic E-state index is -1.88. The molecule has 5 N–H and O–H groups in total. The van der Waals surface area contributed by atoms with Gasteiger partial charge >= 0.3 is 11.9 Å². The van der Waals surface area contributed by atoms with E-state index >= 15 is 0 Å². The first-order chi connectivity index (χ1) is 33.8. The van der Waals surface area contributed by atoms with E-state index in [-0.39, 0.29) is 67.6 Å². The number of hydrogen-bond acceptors (Lipinski definition) is 13. The number of ketones is 1. The number of fused-ring (bicyclic) bond motifs is 13. The zero-order chi connectivity index (χ0) is 51.5. The highest BCUT2D eigenvalue weighted by Gasteiger charge is 2.50. The molecule has 6 aliphatic heterocycles. The molecule has 0 aromatic heterocycles. The van der Waals surface area contributed by atoms with Gasteiger partial charge in [0.05, 0.1) is 28.7 Å². The van der Waals surface area contributed by atoms with E-state index in [0.717, 1.165) is 39.6 Å². The number of likely N-dealkylation sites (tertiary alicyclic amines) is 2. The molecule has 2 amide bonds. The van der Waals surface area contributed by atoms with Crippen molar-refractivity contribution in [2.45, 2.75) is 130 Å². The smallest absolute Gasteiger partial charge is 0.410 e. The summed E-state index contributed by atoms with van der Waals surface area (Å²) in [6, 6.07) is 10.4. The lowest BCUT2D eigenvalue weighted by molar-refractivity contribution is -0.112. The standard InChI is InChI=1S/C55H71N5O9.CH4O/c1-31(2)30-59-26-22-55(23-27-59)57-43-40-41-47(62)37(8)50-42(40)51(64)54(9,69-50)67-28-14-17-33(4)49(68-53(66)60-24-20-39(21-25-60)38-18-11-10-12-19-38)36(7)46(61)35(6)29-32(3)15-13-16-34(5)52(65)56-45(48(41)63)44(43)58-55;1-2/h10-16,18-19,28,31-33,35-36,39,46,49,61-63H,17,20-27,29-30H2,1-9H3,(H,56,65);2H,1H3/b15-13+,28-14+,34-16-;/t32?,33-,35-,36-,46?,49?,54+;/m1./s1. The number of piperidine rings is 2. The largest absolute Gasteiger partial charge is 0.507 e. The van der Waals surface area contributed by atoms with E-state index in [9.17, 15) is 29.7 Å². The maximum Gasteiger partial charge on any atom is 0.410 e. The minimum absolute atomic E-state index is 0.00193. The van der Waals surface area contributed by atoms with Crippen molar-refractivity contribution in [1.82, 2.24) is 9.80 Å². The van der Waals surface area contributed by atoms with Gasteiger partial charge in [-0.05, 0) is 80.8 Å². The van der Waals surface area contributed by atoms with Crippen LogP contribution in [0, 0.1) is 36.5 Å². The third-order valence-corrected chi connectivity index (χ3v) is 15.2. The third kappa shape index (κ3) is 10.9. The lowest BCUT2D eigenvalue weighted by atomic mass is 9.80. The molecule has 3 aromatic rings. The van der Waals surface area contributed by atoms with Crippen LogP contribution in [0.15, 0.2) is 76.5 Å². The summed E-state index contributed by atoms with van der Waals surface area (Å²) in [5.41, 5.74) is 0.973. The number of carbonyl (C=O) groups is 3. The molecular weight excluding hydrogens is 903 g/mol. The number of aromatic hydroxyl groups is 2. The number of ether oxygens (including phenoxy) is 3. The first kappa shape index (κ1) is 53.0. The van der Waals surface area contributed by atoms with Crippen LogP contribution in [0.2, 0.25) is 0 Å². The lowest BCUT2D eigenvalue weighted by Crippen LogP contribution is -2.45. The van der Waals surface area contributed by atoms with Crippen LogP contribution < -0.4 is 20.8 Å². The summed E-state index contributed by atoms with van der Waals surface area (Å²) in [5.74, 6) is -3.66. The number of amides is 2. The first-order valence-corrected chi connectivity index (χ1v) is 25.4. The van der Waals surface area contributed by atoms with Crippen molar-refractivity contribution < 1.29 is 49.0 Å². The summed E-state index contributed by atoms with van der Waals surface area (Å²) in [4.78, 5) is 57.4. The Morgan fingerprint density at radius 3 is 2.25 bits per heavy atom. The van der Waals surface area contributed by atoms with Crippen molar-refractivity contribution in [2.24, 2.45) is 39.6 Å². The van der Waals surface area contributed by atoms with Gasteiger partial charge in [0.25, 0.3) is 11.7 Å². The lowest BCUT2D eigenvalue weighted by Gasteiger charge is -2.37. The topological polar surface area (TPSA) is 203 Å². The molecule has 384 valence electrons. The average Bonchev–Trinajstić information content (AvgIpc) is 3.86. The number of anilines is 1. The molecule has 15 heteroatoms. The normalized spacial score (nSPS) is 28.9. The molecule has 0 radical (unpaired) electrons. The monoisotopic (exact) mass is 978 g/mol. The van der Waals surface area contributed by atoms with E-state index in [1.54, 1.807) is 30.9 Å². The van der Waals surface area contributed by atoms with Gasteiger partial charge in [-0.2, -0.15) is 0 Å². The van der Waals surface area contributed by atoms with Gasteiger partial charge in [-0.1, -0.05) is 90.1 Å². The van der Waals surface area contributed by atoms with Crippen molar-refractivity contribution in [2.75, 3.05) is 45.2 Å². The number of phenolic OH excluding ortho intramolecular Hbond substituents is 2. The highest BCUT2D eigenvalue weighted by Crippen LogP contribution is 2.50. The van der Waals surface area contributed by atoms with Gasteiger partial charge in [-0.15, -0.1) is 0 Å². The highest BCUT2D eigenvalue weighted by molar-refractivity contribution is 6.19. The molecule has 1 spiro atoms. The molecule has 5 bridgehead atoms. The number of allylic oxidation sites excluding steroid dienone is 4. The number of benzene rings is 3. The molecule has 0 saturated carbocycles. The SMILES string of the molecule is C/C1=C/C=C/C(C)C[C@@H](C)C(O)[C@@H](C)C(OC(=O)N2CCC(c3ccccc3)CC2)[C@H](C)C/C=C/O[C@@]2(C)Oc3c(C)c(O)c4c(O)c(c5c(c4c3C2=O)=NC2(CCN(CC(C)C)CC2)N=5)NC1=O.CO. The van der Waals surface area contributed by atoms with E-state index in [2.05, 4.69) is 43.1 Å². The fourth-order valence-electron chi connectivity index (χ4n) is 11.1. The number of carbonyl (C=O) groups excluding carboxylic acids is 3. The van der Waals surface area contributed by atoms with Crippen LogP contribution in [0.3, 0.4) is 0 Å². The quantitative estimate of drug-likeness (QED) is 0.158. The second kappa shape index (κ2) is 21.9. The van der Waals surface area contributed by atoms with E-state index in [1.165, 1.54) is 18.7 Å². The summed E-state index contributed by atoms with van der Waals surface area (Å²) in [6.45, 7) is 20.6. The molecule has 71 heavy (non-hydrogen) atoms. The van der Waals surface area contributed by atoms with Crippen molar-refractivity contribution in [1.29, 1.82) is 0 Å². The molecule has 15 nitrogen and oxygen atoms in total. The molecule has 9 rings (SSSR count). The predicted molar refractivity (Wildman–Crippen MR) is 273 cm³/mol. The maximum absolute atomic E-state index is 14.8. The fraction of sp³-hybridized carbons (Fsp3) is 0.554. The zero-order valence-electron chi connectivity index (χ0n) is 43.2. The van der Waals surface area contributed by atoms with Crippen molar-refractivity contribution in [3.63, 3.8) is 0 Å². The molecule has 7 atom stereocenters. The van der Waals surface area contributed by atoms with Gasteiger partial charge in [0.2, 0.25) is 0 Å². The Morgan fingerprint density at radius 2 is 1.59 bits per heavy atom. The van der Waals surface area contributed by atoms with E-state index in [1.807, 2.05) is 51.1 Å². The van der Waals surface area contributed by atoms with E-state index in [4.69, 9.17) is 29.3 Å². The van der Waals surface area contributed by atoms with Crippen LogP contribution in [-0.4, -0.2) is 112 Å². The summed E-state index contributed by atoms with van der Waals surface area (Å²) in [5, 5.41) is 46.5. The van der Waals surface area contributed by atoms with Crippen molar-refractivity contribution >= 4 is 34.2 Å². The van der Waals surface area contributed by atoms with Crippen molar-refractivity contribution in [3.05, 3.63) is 93.9 Å². The second-order valence-electron chi connectivity index (χ2n) is 21.1. The Kier molecular flexibility index (Phi) is 16.4. The highest BCUT2D eigenvalue weighted by atomic mass is 16.7. The number of nitrogens with one attached hydrogen (secondary N) is 1. The van der Waals surface area contributed by atoms with Crippen LogP contribution in [0.4, 0.5) is 10.5 Å². The second-order valence-corrected chi connectivity index (χ2v) is 21.1. The van der Waals surface area contributed by atoms with Crippen LogP contribution >= 0.6 is 0 Å². The van der Waals surface area contributed by atoms with Crippen LogP contribution in [0.25, 0.3) is 10.8 Å². The molecular formula is C56H75N5O10. The molecule has 6 aliphatic rings. The Hall–Kier alpha value is -5.77. The summed E-state index contributed by atoms with van der Waals surface area (Å²) in [7, 11) is 1.00. The van der Waals surface area contributed by atoms with Gasteiger partial charge in [0.1, 0.15) is 28.6 Å². The molecule has 3 unspecified atom stereocenters. The number of Topliss-reactive ketones (excluding diaryl/α,β-unsaturated/α-hetero) is 1. The number of aliphatic hydroxyl groups is 2. The van der Waals surface area contributed by atoms with Gasteiger partial charge in [0, 0.05) is 82.0 Å². The average molecular weight is 978 g/mol. The number of nitrogens with zero attached hydrogens (tertiary/aromatic N) is 4. The van der Waals surface area contributed by atoms with Crippen LogP contribution in [0.5, 0.6) is 17.2 Å². The number of hydrogen-bond donors (Lipinski definition) is 5. The number of aliphatic hydroxyl groups excluding tert-OH is 2. The first-order valence-electron chi connectivity index (χ1n) is 25.4. The molecule has 3 aromatic carbocycles. The van der Waals surface area contributed by atoms with Gasteiger partial charge in [0.15, 0.2) is 11.4 Å². The zero-order valence-corrected chi connectivity index (χ0v) is 43.2. The molecule has 2 fully saturated rings. The fourth-order valence-corrected chi connectivity index (χ4v) is 11.1. The summed E-state index contributed by atoms with van der Waals surface area (Å²) in [6.07, 6.45) is 10.5. The summed E-state index contributed by atoms with van der Waals surface area (Å²) < 4.78 is 19.0. The Bertz CT molecular complexity index is 2680. The van der Waals surface area contributed by atoms with Gasteiger partial charge in [-0.3, -0.25) is 19.6 Å². The summed E-state index contributed by atoms with van der Waals surface area (Å²) >= 11 is 0. The minimum Gasteiger partial charge on any atom is -0.507 e. The van der Waals surface area contributed by atoms with E-state index in [0.29, 0.717) is 56.2 Å². The molecule has 6 heterocycles. The number of phenols is 2. The van der Waals surface area contributed by atoms with Crippen molar-refractivity contribution in [3.8, 4) is 17.2 Å². The maximum atomic E-state index is 14.8. The van der Waals surface area contributed by atoms with Crippen LogP contribution in [0.1, 0.15) is 121 Å². The Balaban J connectivity index is 0.00000366. The van der Waals surface area contributed by atoms with E-state index < -0.39 is 53.1 Å². The molecule has 2 saturated heterocycles. The third-order valence-electron chi connectivity index (χ3n) is 15.2. The Morgan fingerprint density at radius 1 is 0.930 bits per heavy atom. The van der Waals surface area contributed by atoms with Gasteiger partial charge < -0.3 is 49.8 Å². The predicted octanol–water partition coefficient (Wildman–Crippen LogP) is 8.22. The number of rotatable bonds is 4. The molecule has 0 aliphatic carbocycles. The Labute approximate surface area is 418 Å². The van der Waals surface area contributed by atoms with Crippen LogP contribution in [-0.2, 0) is 14.3 Å². The van der Waals surface area contributed by atoms with Gasteiger partial charge in [-0.25, -0.2) is 4.79 Å².